The zero-order valence-corrected chi connectivity index (χ0v) is 10.0. The Morgan fingerprint density at radius 2 is 1.81 bits per heavy atom. The predicted octanol–water partition coefficient (Wildman–Crippen LogP) is -1.63. The van der Waals surface area contributed by atoms with Crippen molar-refractivity contribution in [2.45, 2.75) is 24.6 Å². The van der Waals surface area contributed by atoms with Crippen molar-refractivity contribution in [3.8, 4) is 0 Å². The molecule has 8 heteroatoms. The summed E-state index contributed by atoms with van der Waals surface area (Å²) in [6, 6.07) is -1.51. The number of sulfone groups is 1. The van der Waals surface area contributed by atoms with Gasteiger partial charge >= 0.3 is 5.97 Å². The van der Waals surface area contributed by atoms with Gasteiger partial charge in [-0.05, 0) is 13.8 Å². The van der Waals surface area contributed by atoms with Gasteiger partial charge in [-0.1, -0.05) is 0 Å². The van der Waals surface area contributed by atoms with E-state index in [2.05, 4.69) is 0 Å². The van der Waals surface area contributed by atoms with Crippen LogP contribution in [-0.4, -0.2) is 54.2 Å². The Bertz CT molecular complexity index is 385. The van der Waals surface area contributed by atoms with Gasteiger partial charge in [-0.25, -0.2) is 13.2 Å². The van der Waals surface area contributed by atoms with E-state index in [-0.39, 0.29) is 0 Å². The zero-order valence-electron chi connectivity index (χ0n) is 9.22. The van der Waals surface area contributed by atoms with E-state index in [9.17, 15) is 18.0 Å². The van der Waals surface area contributed by atoms with Gasteiger partial charge in [0.05, 0.1) is 6.61 Å². The topological polar surface area (TPSA) is 121 Å². The second kappa shape index (κ2) is 4.79. The van der Waals surface area contributed by atoms with Gasteiger partial charge < -0.3 is 15.5 Å². The molecule has 16 heavy (non-hydrogen) atoms. The molecule has 0 heterocycles. The number of amides is 1. The molecule has 0 aromatic rings. The Kier molecular flexibility index (Phi) is 4.45. The molecule has 0 aromatic heterocycles. The molecule has 0 fully saturated rings. The van der Waals surface area contributed by atoms with E-state index in [0.717, 1.165) is 20.1 Å². The molecule has 0 rings (SSSR count). The van der Waals surface area contributed by atoms with E-state index >= 15 is 0 Å². The normalized spacial score (nSPS) is 14.2. The first-order valence-electron chi connectivity index (χ1n) is 4.38. The van der Waals surface area contributed by atoms with Crippen LogP contribution in [0.4, 0.5) is 0 Å². The molecule has 0 aliphatic rings. The van der Waals surface area contributed by atoms with Gasteiger partial charge in [-0.2, -0.15) is 0 Å². The number of carbonyl (C=O) groups is 2. The Hall–Kier alpha value is -1.15. The molecule has 94 valence electrons. The molecule has 3 N–H and O–H groups in total. The van der Waals surface area contributed by atoms with Crippen LogP contribution in [0.3, 0.4) is 0 Å². The van der Waals surface area contributed by atoms with E-state index in [4.69, 9.17) is 10.2 Å². The molecular weight excluding hydrogens is 238 g/mol. The van der Waals surface area contributed by atoms with Crippen LogP contribution in [0.15, 0.2) is 0 Å². The molecule has 0 bridgehead atoms. The lowest BCUT2D eigenvalue weighted by Crippen LogP contribution is -2.53. The molecule has 7 nitrogen and oxygen atoms in total. The first-order chi connectivity index (χ1) is 7.04. The average Bonchev–Trinajstić information content (AvgIpc) is 2.11. The minimum absolute atomic E-state index is 0.805. The molecule has 0 spiro atoms. The van der Waals surface area contributed by atoms with Gasteiger partial charge in [-0.3, -0.25) is 4.79 Å². The van der Waals surface area contributed by atoms with Gasteiger partial charge in [0.15, 0.2) is 9.84 Å². The molecule has 0 unspecified atom stereocenters. The van der Waals surface area contributed by atoms with Crippen molar-refractivity contribution in [3.63, 3.8) is 0 Å². The molecule has 0 radical (unpaired) electrons. The highest BCUT2D eigenvalue weighted by Gasteiger charge is 2.40. The summed E-state index contributed by atoms with van der Waals surface area (Å²) in [5.41, 5.74) is 0. The van der Waals surface area contributed by atoms with Gasteiger partial charge in [0.1, 0.15) is 10.8 Å². The van der Waals surface area contributed by atoms with Crippen LogP contribution in [0.2, 0.25) is 0 Å². The van der Waals surface area contributed by atoms with Crippen molar-refractivity contribution in [2.75, 3.05) is 12.9 Å². The maximum Gasteiger partial charge on any atom is 0.328 e. The Morgan fingerprint density at radius 3 is 2.06 bits per heavy atom. The summed E-state index contributed by atoms with van der Waals surface area (Å²) in [4.78, 5) is 22.0. The zero-order chi connectivity index (χ0) is 13.1. The van der Waals surface area contributed by atoms with Crippen molar-refractivity contribution in [2.24, 2.45) is 0 Å². The second-order valence-electron chi connectivity index (χ2n) is 3.83. The smallest absolute Gasteiger partial charge is 0.328 e. The third-order valence-corrected chi connectivity index (χ3v) is 4.30. The van der Waals surface area contributed by atoms with Crippen LogP contribution < -0.4 is 5.32 Å². The third-order valence-electron chi connectivity index (χ3n) is 2.26. The van der Waals surface area contributed by atoms with E-state index in [1.54, 1.807) is 0 Å². The Morgan fingerprint density at radius 1 is 1.38 bits per heavy atom. The van der Waals surface area contributed by atoms with Gasteiger partial charge in [0.2, 0.25) is 5.91 Å². The summed E-state index contributed by atoms with van der Waals surface area (Å²) in [6.45, 7) is 1.52. The summed E-state index contributed by atoms with van der Waals surface area (Å²) in [7, 11) is -3.67. The maximum absolute atomic E-state index is 11.5. The highest BCUT2D eigenvalue weighted by Crippen LogP contribution is 2.15. The summed E-state index contributed by atoms with van der Waals surface area (Å²) in [5, 5.41) is 19.2. The molecule has 0 saturated heterocycles. The Balaban J connectivity index is 4.90. The predicted molar refractivity (Wildman–Crippen MR) is 55.6 cm³/mol. The van der Waals surface area contributed by atoms with E-state index < -0.39 is 39.1 Å². The van der Waals surface area contributed by atoms with Crippen molar-refractivity contribution in [3.05, 3.63) is 0 Å². The summed E-state index contributed by atoms with van der Waals surface area (Å²) >= 11 is 0. The van der Waals surface area contributed by atoms with E-state index in [1.807, 2.05) is 5.32 Å². The molecule has 1 amide bonds. The van der Waals surface area contributed by atoms with Crippen LogP contribution >= 0.6 is 0 Å². The molecule has 1 atom stereocenters. The number of rotatable bonds is 5. The molecular formula is C8H15NO6S. The van der Waals surface area contributed by atoms with Crippen molar-refractivity contribution >= 4 is 21.7 Å². The van der Waals surface area contributed by atoms with Crippen LogP contribution in [0.25, 0.3) is 0 Å². The van der Waals surface area contributed by atoms with Gasteiger partial charge in [0, 0.05) is 6.26 Å². The van der Waals surface area contributed by atoms with E-state index in [1.165, 1.54) is 0 Å². The fraction of sp³-hybridized carbons (Fsp3) is 0.750. The Labute approximate surface area is 93.4 Å². The molecule has 0 aliphatic carbocycles. The standard InChI is InChI=1S/C8H15NO6S/c1-8(2,16(3,14)15)7(13)9-5(4-10)6(11)12/h5,10H,4H2,1-3H3,(H,9,13)(H,11,12)/t5-/m0/s1. The van der Waals surface area contributed by atoms with Crippen LogP contribution in [0, 0.1) is 0 Å². The molecule has 0 aromatic carbocycles. The third kappa shape index (κ3) is 3.17. The molecule has 0 saturated carbocycles. The SMILES string of the molecule is CC(C)(C(=O)N[C@@H](CO)C(=O)O)S(C)(=O)=O. The minimum Gasteiger partial charge on any atom is -0.480 e. The van der Waals surface area contributed by atoms with Crippen molar-refractivity contribution < 1.29 is 28.2 Å². The molecule has 0 aliphatic heterocycles. The van der Waals surface area contributed by atoms with Crippen molar-refractivity contribution in [1.82, 2.24) is 5.32 Å². The number of aliphatic hydroxyl groups excluding tert-OH is 1. The largest absolute Gasteiger partial charge is 0.480 e. The second-order valence-corrected chi connectivity index (χ2v) is 6.39. The van der Waals surface area contributed by atoms with Gasteiger partial charge in [0.25, 0.3) is 0 Å². The monoisotopic (exact) mass is 253 g/mol. The lowest BCUT2D eigenvalue weighted by Gasteiger charge is -2.23. The number of carboxylic acid groups (broad SMARTS) is 1. The van der Waals surface area contributed by atoms with Crippen LogP contribution in [-0.2, 0) is 19.4 Å². The first kappa shape index (κ1) is 14.8. The number of carboxylic acids is 1. The van der Waals surface area contributed by atoms with Crippen LogP contribution in [0.1, 0.15) is 13.8 Å². The highest BCUT2D eigenvalue weighted by molar-refractivity contribution is 7.92. The van der Waals surface area contributed by atoms with Crippen molar-refractivity contribution in [1.29, 1.82) is 0 Å². The number of carbonyl (C=O) groups excluding carboxylic acids is 1. The van der Waals surface area contributed by atoms with Crippen LogP contribution in [0.5, 0.6) is 0 Å². The average molecular weight is 253 g/mol. The number of aliphatic hydroxyl groups is 1. The fourth-order valence-electron chi connectivity index (χ4n) is 0.686. The fourth-order valence-corrected chi connectivity index (χ4v) is 1.08. The summed E-state index contributed by atoms with van der Waals surface area (Å²) in [5.74, 6) is -2.39. The lowest BCUT2D eigenvalue weighted by molar-refractivity contribution is -0.143. The highest BCUT2D eigenvalue weighted by atomic mass is 32.2. The summed E-state index contributed by atoms with van der Waals surface area (Å²) in [6.07, 6.45) is 0.876. The van der Waals surface area contributed by atoms with E-state index in [0.29, 0.717) is 0 Å². The first-order valence-corrected chi connectivity index (χ1v) is 6.27. The minimum atomic E-state index is -3.67. The van der Waals surface area contributed by atoms with Gasteiger partial charge in [-0.15, -0.1) is 0 Å². The quantitative estimate of drug-likeness (QED) is 0.541. The number of hydrogen-bond acceptors (Lipinski definition) is 5. The number of hydrogen-bond donors (Lipinski definition) is 3. The number of nitrogens with one attached hydrogen (secondary N) is 1. The maximum atomic E-state index is 11.5. The lowest BCUT2D eigenvalue weighted by atomic mass is 10.1. The summed E-state index contributed by atoms with van der Waals surface area (Å²) < 4.78 is 20.8. The number of aliphatic carboxylic acids is 1.